The number of rotatable bonds is 1. The van der Waals surface area contributed by atoms with Crippen LogP contribution in [0.5, 0.6) is 0 Å². The predicted octanol–water partition coefficient (Wildman–Crippen LogP) is 3.78. The van der Waals surface area contributed by atoms with Crippen molar-refractivity contribution < 1.29 is 0 Å². The van der Waals surface area contributed by atoms with Crippen molar-refractivity contribution in [1.82, 2.24) is 19.7 Å². The zero-order chi connectivity index (χ0) is 12.7. The first-order valence-corrected chi connectivity index (χ1v) is 6.09. The first kappa shape index (κ1) is 11.7. The molecule has 0 amide bonds. The zero-order valence-electron chi connectivity index (χ0n) is 8.81. The number of benzene rings is 1. The van der Waals surface area contributed by atoms with Gasteiger partial charge in [-0.15, -0.1) is 0 Å². The highest BCUT2D eigenvalue weighted by molar-refractivity contribution is 6.45. The average molecular weight is 300 g/mol. The standard InChI is InChI=1S/C11H5Cl3N4/c12-7-2-1-6-8(18-5-15-4-16-18)3-9(13)17-11(6)10(7)14/h1-5H. The number of halogens is 3. The lowest BCUT2D eigenvalue weighted by Gasteiger charge is -2.08. The second kappa shape index (κ2) is 4.39. The van der Waals surface area contributed by atoms with E-state index in [0.717, 1.165) is 11.1 Å². The highest BCUT2D eigenvalue weighted by Crippen LogP contribution is 2.33. The van der Waals surface area contributed by atoms with Crippen molar-refractivity contribution in [3.05, 3.63) is 46.1 Å². The molecule has 3 rings (SSSR count). The first-order chi connectivity index (χ1) is 8.66. The minimum Gasteiger partial charge on any atom is -0.234 e. The Bertz CT molecular complexity index is 725. The van der Waals surface area contributed by atoms with Crippen molar-refractivity contribution in [2.75, 3.05) is 0 Å². The van der Waals surface area contributed by atoms with E-state index < -0.39 is 0 Å². The maximum Gasteiger partial charge on any atom is 0.138 e. The van der Waals surface area contributed by atoms with Crippen molar-refractivity contribution in [2.45, 2.75) is 0 Å². The average Bonchev–Trinajstić information content (AvgIpc) is 2.87. The second-order valence-electron chi connectivity index (χ2n) is 3.56. The molecule has 0 saturated carbocycles. The monoisotopic (exact) mass is 298 g/mol. The third kappa shape index (κ3) is 1.82. The molecule has 0 aliphatic rings. The molecule has 0 fully saturated rings. The van der Waals surface area contributed by atoms with E-state index in [1.54, 1.807) is 23.1 Å². The van der Waals surface area contributed by atoms with Gasteiger partial charge in [-0.25, -0.2) is 14.6 Å². The lowest BCUT2D eigenvalue weighted by Crippen LogP contribution is -1.97. The molecular weight excluding hydrogens is 295 g/mol. The van der Waals surface area contributed by atoms with Crippen molar-refractivity contribution >= 4 is 45.7 Å². The molecule has 2 heterocycles. The van der Waals surface area contributed by atoms with Crippen molar-refractivity contribution in [3.8, 4) is 5.69 Å². The van der Waals surface area contributed by atoms with Crippen LogP contribution in [0.4, 0.5) is 0 Å². The lowest BCUT2D eigenvalue weighted by atomic mass is 10.2. The lowest BCUT2D eigenvalue weighted by molar-refractivity contribution is 0.885. The van der Waals surface area contributed by atoms with Crippen LogP contribution in [0.3, 0.4) is 0 Å². The van der Waals surface area contributed by atoms with E-state index in [2.05, 4.69) is 15.1 Å². The zero-order valence-corrected chi connectivity index (χ0v) is 11.1. The summed E-state index contributed by atoms with van der Waals surface area (Å²) in [5, 5.41) is 6.00. The van der Waals surface area contributed by atoms with E-state index in [1.165, 1.54) is 6.33 Å². The van der Waals surface area contributed by atoms with Gasteiger partial charge in [0.15, 0.2) is 0 Å². The molecule has 0 radical (unpaired) electrons. The smallest absolute Gasteiger partial charge is 0.138 e. The Labute approximate surface area is 117 Å². The maximum atomic E-state index is 6.13. The minimum atomic E-state index is 0.317. The topological polar surface area (TPSA) is 43.6 Å². The fourth-order valence-corrected chi connectivity index (χ4v) is 2.26. The molecule has 18 heavy (non-hydrogen) atoms. The Morgan fingerprint density at radius 2 is 1.94 bits per heavy atom. The first-order valence-electron chi connectivity index (χ1n) is 4.96. The molecule has 90 valence electrons. The molecule has 2 aromatic heterocycles. The molecule has 0 spiro atoms. The van der Waals surface area contributed by atoms with Crippen LogP contribution in [0.25, 0.3) is 16.6 Å². The number of hydrogen-bond donors (Lipinski definition) is 0. The van der Waals surface area contributed by atoms with Gasteiger partial charge in [-0.3, -0.25) is 0 Å². The van der Waals surface area contributed by atoms with Gasteiger partial charge in [0.05, 0.1) is 21.2 Å². The summed E-state index contributed by atoms with van der Waals surface area (Å²) in [6.07, 6.45) is 3.02. The van der Waals surface area contributed by atoms with E-state index in [9.17, 15) is 0 Å². The van der Waals surface area contributed by atoms with Gasteiger partial charge in [0, 0.05) is 11.5 Å². The van der Waals surface area contributed by atoms with Crippen LogP contribution < -0.4 is 0 Å². The van der Waals surface area contributed by atoms with Gasteiger partial charge in [0.25, 0.3) is 0 Å². The molecular formula is C11H5Cl3N4. The van der Waals surface area contributed by atoms with Gasteiger partial charge in [-0.2, -0.15) is 5.10 Å². The third-order valence-corrected chi connectivity index (χ3v) is 3.47. The van der Waals surface area contributed by atoms with Gasteiger partial charge in [-0.05, 0) is 12.1 Å². The summed E-state index contributed by atoms with van der Waals surface area (Å²) in [6.45, 7) is 0. The Hall–Kier alpha value is -1.36. The molecule has 1 aromatic carbocycles. The number of aromatic nitrogens is 4. The van der Waals surface area contributed by atoms with Gasteiger partial charge < -0.3 is 0 Å². The maximum absolute atomic E-state index is 6.13. The van der Waals surface area contributed by atoms with E-state index in [0.29, 0.717) is 20.7 Å². The Morgan fingerprint density at radius 3 is 2.67 bits per heavy atom. The molecule has 4 nitrogen and oxygen atoms in total. The van der Waals surface area contributed by atoms with Crippen LogP contribution in [-0.2, 0) is 0 Å². The molecule has 0 unspecified atom stereocenters. The Balaban J connectivity index is 2.43. The van der Waals surface area contributed by atoms with Gasteiger partial charge >= 0.3 is 0 Å². The Kier molecular flexibility index (Phi) is 2.86. The third-order valence-electron chi connectivity index (χ3n) is 2.48. The molecule has 0 aliphatic carbocycles. The number of nitrogens with zero attached hydrogens (tertiary/aromatic N) is 4. The number of fused-ring (bicyclic) bond motifs is 1. The van der Waals surface area contributed by atoms with Crippen molar-refractivity contribution in [1.29, 1.82) is 0 Å². The van der Waals surface area contributed by atoms with Gasteiger partial charge in [-0.1, -0.05) is 34.8 Å². The predicted molar refractivity (Wildman–Crippen MR) is 71.7 cm³/mol. The summed E-state index contributed by atoms with van der Waals surface area (Å²) in [5.74, 6) is 0. The van der Waals surface area contributed by atoms with Crippen LogP contribution in [0.15, 0.2) is 30.9 Å². The van der Waals surface area contributed by atoms with Crippen LogP contribution in [0, 0.1) is 0 Å². The van der Waals surface area contributed by atoms with E-state index in [-0.39, 0.29) is 0 Å². The minimum absolute atomic E-state index is 0.317. The summed E-state index contributed by atoms with van der Waals surface area (Å²) in [4.78, 5) is 8.10. The van der Waals surface area contributed by atoms with Crippen LogP contribution >= 0.6 is 34.8 Å². The molecule has 0 aliphatic heterocycles. The summed E-state index contributed by atoms with van der Waals surface area (Å²) >= 11 is 18.1. The SMILES string of the molecule is Clc1cc(-n2cncn2)c2ccc(Cl)c(Cl)c2n1. The number of hydrogen-bond acceptors (Lipinski definition) is 3. The summed E-state index contributed by atoms with van der Waals surface area (Å²) < 4.78 is 1.60. The van der Waals surface area contributed by atoms with Gasteiger partial charge in [0.2, 0.25) is 0 Å². The van der Waals surface area contributed by atoms with Crippen LogP contribution in [-0.4, -0.2) is 19.7 Å². The highest BCUT2D eigenvalue weighted by atomic mass is 35.5. The summed E-state index contributed by atoms with van der Waals surface area (Å²) in [5.41, 5.74) is 1.29. The molecule has 0 saturated heterocycles. The molecule has 0 atom stereocenters. The fraction of sp³-hybridized carbons (Fsp3) is 0. The molecule has 3 aromatic rings. The second-order valence-corrected chi connectivity index (χ2v) is 4.73. The molecule has 0 N–H and O–H groups in total. The number of pyridine rings is 1. The summed E-state index contributed by atoms with van der Waals surface area (Å²) in [7, 11) is 0. The van der Waals surface area contributed by atoms with E-state index >= 15 is 0 Å². The normalized spacial score (nSPS) is 11.1. The molecule has 7 heteroatoms. The molecule has 0 bridgehead atoms. The van der Waals surface area contributed by atoms with Crippen molar-refractivity contribution in [3.63, 3.8) is 0 Å². The summed E-state index contributed by atoms with van der Waals surface area (Å²) in [6, 6.07) is 5.23. The Morgan fingerprint density at radius 1 is 1.11 bits per heavy atom. The van der Waals surface area contributed by atoms with Gasteiger partial charge in [0.1, 0.15) is 17.8 Å². The van der Waals surface area contributed by atoms with E-state index in [4.69, 9.17) is 34.8 Å². The van der Waals surface area contributed by atoms with Crippen LogP contribution in [0.1, 0.15) is 0 Å². The largest absolute Gasteiger partial charge is 0.234 e. The highest BCUT2D eigenvalue weighted by Gasteiger charge is 2.12. The fourth-order valence-electron chi connectivity index (χ4n) is 1.71. The van der Waals surface area contributed by atoms with E-state index in [1.807, 2.05) is 6.07 Å². The van der Waals surface area contributed by atoms with Crippen molar-refractivity contribution in [2.24, 2.45) is 0 Å². The quantitative estimate of drug-likeness (QED) is 0.642. The van der Waals surface area contributed by atoms with Crippen LogP contribution in [0.2, 0.25) is 15.2 Å².